The highest BCUT2D eigenvalue weighted by Crippen LogP contribution is 2.55. The van der Waals surface area contributed by atoms with Gasteiger partial charge in [-0.25, -0.2) is 0 Å². The number of nitrogens with zero attached hydrogens (tertiary/aromatic N) is 2. The second kappa shape index (κ2) is 5.83. The molecule has 0 spiro atoms. The Morgan fingerprint density at radius 2 is 1.28 bits per heavy atom. The summed E-state index contributed by atoms with van der Waals surface area (Å²) in [7, 11) is 0. The lowest BCUT2D eigenvalue weighted by Gasteiger charge is -2.14. The normalized spacial score (nSPS) is 26.8. The monoisotopic (exact) mass is 344 g/mol. The Hall–Kier alpha value is -2.42. The molecule has 3 aromatic rings. The summed E-state index contributed by atoms with van der Waals surface area (Å²) in [5, 5.41) is 0.759. The number of hydrogen-bond acceptors (Lipinski definition) is 2. The van der Waals surface area contributed by atoms with Gasteiger partial charge in [-0.2, -0.15) is 0 Å². The zero-order valence-corrected chi connectivity index (χ0v) is 14.3. The molecule has 0 bridgehead atoms. The van der Waals surface area contributed by atoms with E-state index in [2.05, 4.69) is 77.7 Å². The average Bonchev–Trinajstić information content (AvgIpc) is 3.28. The first-order valence-corrected chi connectivity index (χ1v) is 8.92. The fraction of sp³-hybridized carbons (Fsp3) is 0.136. The van der Waals surface area contributed by atoms with Gasteiger partial charge in [-0.15, -0.1) is 0 Å². The van der Waals surface area contributed by atoms with Crippen LogP contribution in [0.4, 0.5) is 0 Å². The SMILES string of the molecule is Clc1ccc(C2=N[C@@H](c3ccccc3)N3[C@@H]2[C@@H]3c2ccccc2)cc1. The number of halogens is 1. The first-order chi connectivity index (χ1) is 12.3. The molecule has 5 rings (SSSR count). The number of rotatable bonds is 3. The molecular weight excluding hydrogens is 328 g/mol. The van der Waals surface area contributed by atoms with Gasteiger partial charge in [-0.1, -0.05) is 84.4 Å². The summed E-state index contributed by atoms with van der Waals surface area (Å²) in [6, 6.07) is 30.0. The third-order valence-corrected chi connectivity index (χ3v) is 5.31. The zero-order chi connectivity index (χ0) is 16.8. The van der Waals surface area contributed by atoms with E-state index < -0.39 is 0 Å². The van der Waals surface area contributed by atoms with Crippen molar-refractivity contribution in [2.75, 3.05) is 0 Å². The molecule has 0 radical (unpaired) electrons. The molecule has 0 saturated carbocycles. The number of fused-ring (bicyclic) bond motifs is 1. The summed E-state index contributed by atoms with van der Waals surface area (Å²) >= 11 is 6.06. The molecule has 2 aliphatic rings. The van der Waals surface area contributed by atoms with Crippen molar-refractivity contribution in [2.45, 2.75) is 18.2 Å². The van der Waals surface area contributed by atoms with Gasteiger partial charge < -0.3 is 0 Å². The minimum atomic E-state index is 0.0853. The van der Waals surface area contributed by atoms with Crippen LogP contribution in [0.1, 0.15) is 28.9 Å². The van der Waals surface area contributed by atoms with Crippen molar-refractivity contribution in [3.8, 4) is 0 Å². The van der Waals surface area contributed by atoms with E-state index in [1.165, 1.54) is 16.8 Å². The van der Waals surface area contributed by atoms with E-state index in [1.54, 1.807) is 0 Å². The molecule has 25 heavy (non-hydrogen) atoms. The maximum atomic E-state index is 6.06. The summed E-state index contributed by atoms with van der Waals surface area (Å²) < 4.78 is 0. The second-order valence-electron chi connectivity index (χ2n) is 6.55. The van der Waals surface area contributed by atoms with Crippen LogP contribution < -0.4 is 0 Å². The van der Waals surface area contributed by atoms with E-state index in [4.69, 9.17) is 16.6 Å². The highest BCUT2D eigenvalue weighted by molar-refractivity contribution is 6.30. The zero-order valence-electron chi connectivity index (χ0n) is 13.6. The Morgan fingerprint density at radius 1 is 0.680 bits per heavy atom. The van der Waals surface area contributed by atoms with Crippen molar-refractivity contribution >= 4 is 17.3 Å². The highest BCUT2D eigenvalue weighted by atomic mass is 35.5. The van der Waals surface area contributed by atoms with Crippen molar-refractivity contribution in [3.63, 3.8) is 0 Å². The maximum Gasteiger partial charge on any atom is 0.129 e. The predicted molar refractivity (Wildman–Crippen MR) is 102 cm³/mol. The first kappa shape index (κ1) is 14.9. The van der Waals surface area contributed by atoms with E-state index in [0.29, 0.717) is 12.1 Å². The van der Waals surface area contributed by atoms with Gasteiger partial charge in [-0.3, -0.25) is 9.89 Å². The number of benzene rings is 3. The molecule has 3 aromatic carbocycles. The quantitative estimate of drug-likeness (QED) is 0.591. The summed E-state index contributed by atoms with van der Waals surface area (Å²) in [5.74, 6) is 0. The molecule has 122 valence electrons. The fourth-order valence-electron chi connectivity index (χ4n) is 3.86. The Bertz CT molecular complexity index is 919. The summed E-state index contributed by atoms with van der Waals surface area (Å²) in [5.41, 5.74) is 4.93. The fourth-order valence-corrected chi connectivity index (χ4v) is 3.99. The molecular formula is C22H17ClN2. The van der Waals surface area contributed by atoms with E-state index in [-0.39, 0.29) is 6.17 Å². The van der Waals surface area contributed by atoms with Crippen LogP contribution in [0.25, 0.3) is 0 Å². The molecule has 1 unspecified atom stereocenters. The lowest BCUT2D eigenvalue weighted by Crippen LogP contribution is -2.08. The average molecular weight is 345 g/mol. The van der Waals surface area contributed by atoms with E-state index >= 15 is 0 Å². The maximum absolute atomic E-state index is 6.06. The molecule has 0 aliphatic carbocycles. The second-order valence-corrected chi connectivity index (χ2v) is 6.99. The Kier molecular flexibility index (Phi) is 3.47. The van der Waals surface area contributed by atoms with E-state index in [1.807, 2.05) is 12.1 Å². The van der Waals surface area contributed by atoms with Gasteiger partial charge in [0.25, 0.3) is 0 Å². The van der Waals surface area contributed by atoms with E-state index in [9.17, 15) is 0 Å². The number of aliphatic imine (C=N–C) groups is 1. The van der Waals surface area contributed by atoms with Gasteiger partial charge in [0.1, 0.15) is 6.17 Å². The summed E-state index contributed by atoms with van der Waals surface area (Å²) in [4.78, 5) is 7.56. The van der Waals surface area contributed by atoms with Crippen LogP contribution in [0.2, 0.25) is 5.02 Å². The molecule has 0 aromatic heterocycles. The summed E-state index contributed by atoms with van der Waals surface area (Å²) in [6.07, 6.45) is 0.0853. The molecule has 1 saturated heterocycles. The lowest BCUT2D eigenvalue weighted by molar-refractivity contribution is 0.404. The van der Waals surface area contributed by atoms with Gasteiger partial charge in [0.2, 0.25) is 0 Å². The predicted octanol–water partition coefficient (Wildman–Crippen LogP) is 5.27. The smallest absolute Gasteiger partial charge is 0.129 e. The first-order valence-electron chi connectivity index (χ1n) is 8.54. The third-order valence-electron chi connectivity index (χ3n) is 5.05. The highest BCUT2D eigenvalue weighted by Gasteiger charge is 2.59. The van der Waals surface area contributed by atoms with Crippen molar-refractivity contribution in [2.24, 2.45) is 4.99 Å². The third kappa shape index (κ3) is 2.50. The Balaban J connectivity index is 1.57. The largest absolute Gasteiger partial charge is 0.263 e. The van der Waals surface area contributed by atoms with Crippen molar-refractivity contribution in [3.05, 3.63) is 107 Å². The van der Waals surface area contributed by atoms with Gasteiger partial charge in [0, 0.05) is 5.02 Å². The molecule has 3 heteroatoms. The van der Waals surface area contributed by atoms with Gasteiger partial charge in [-0.05, 0) is 28.8 Å². The van der Waals surface area contributed by atoms with Crippen molar-refractivity contribution in [1.29, 1.82) is 0 Å². The van der Waals surface area contributed by atoms with Crippen LogP contribution in [0.15, 0.2) is 89.9 Å². The van der Waals surface area contributed by atoms with Gasteiger partial charge >= 0.3 is 0 Å². The van der Waals surface area contributed by atoms with Crippen molar-refractivity contribution in [1.82, 2.24) is 4.90 Å². The Morgan fingerprint density at radius 3 is 1.92 bits per heavy atom. The minimum Gasteiger partial charge on any atom is -0.263 e. The van der Waals surface area contributed by atoms with Crippen LogP contribution in [0.3, 0.4) is 0 Å². The topological polar surface area (TPSA) is 15.4 Å². The lowest BCUT2D eigenvalue weighted by atomic mass is 10.0. The van der Waals surface area contributed by atoms with Crippen LogP contribution in [0, 0.1) is 0 Å². The summed E-state index contributed by atoms with van der Waals surface area (Å²) in [6.45, 7) is 0. The number of hydrogen-bond donors (Lipinski definition) is 0. The molecule has 2 aliphatic heterocycles. The molecule has 0 N–H and O–H groups in total. The molecule has 0 amide bonds. The van der Waals surface area contributed by atoms with Crippen LogP contribution in [-0.4, -0.2) is 16.7 Å². The molecule has 1 fully saturated rings. The molecule has 2 nitrogen and oxygen atoms in total. The molecule has 4 atom stereocenters. The van der Waals surface area contributed by atoms with Crippen LogP contribution in [0.5, 0.6) is 0 Å². The Labute approximate surface area is 152 Å². The van der Waals surface area contributed by atoms with Crippen LogP contribution in [-0.2, 0) is 0 Å². The molecule has 2 heterocycles. The van der Waals surface area contributed by atoms with E-state index in [0.717, 1.165) is 10.6 Å². The van der Waals surface area contributed by atoms with Crippen LogP contribution >= 0.6 is 11.6 Å². The van der Waals surface area contributed by atoms with Crippen molar-refractivity contribution < 1.29 is 0 Å². The van der Waals surface area contributed by atoms with Gasteiger partial charge in [0.05, 0.1) is 17.8 Å². The minimum absolute atomic E-state index is 0.0853. The standard InChI is InChI=1S/C22H17ClN2/c23-18-13-11-15(12-14-18)19-21-20(16-7-3-1-4-8-16)25(21)22(24-19)17-9-5-2-6-10-17/h1-14,20-22H/t20-,21-,22+,25?/m0/s1. The van der Waals surface area contributed by atoms with Gasteiger partial charge in [0.15, 0.2) is 0 Å².